The molecule has 1 amide bonds. The maximum atomic E-state index is 12.7. The van der Waals surface area contributed by atoms with Gasteiger partial charge in [0.05, 0.1) is 23.9 Å². The number of ether oxygens (including phenoxy) is 2. The molecule has 1 fully saturated rings. The average molecular weight is 453 g/mol. The molecule has 1 aromatic carbocycles. The van der Waals surface area contributed by atoms with Crippen molar-refractivity contribution in [1.82, 2.24) is 15.5 Å². The van der Waals surface area contributed by atoms with Gasteiger partial charge in [0, 0.05) is 13.1 Å². The molecule has 32 heavy (non-hydrogen) atoms. The molecule has 0 radical (unpaired) electrons. The normalized spacial score (nSPS) is 15.9. The highest BCUT2D eigenvalue weighted by Crippen LogP contribution is 2.25. The van der Waals surface area contributed by atoms with E-state index in [9.17, 15) is 4.79 Å². The van der Waals surface area contributed by atoms with Gasteiger partial charge in [-0.1, -0.05) is 6.07 Å². The van der Waals surface area contributed by atoms with Crippen LogP contribution >= 0.6 is 11.3 Å². The average Bonchev–Trinajstić information content (AvgIpc) is 3.38. The fourth-order valence-electron chi connectivity index (χ4n) is 3.74. The van der Waals surface area contributed by atoms with E-state index in [1.165, 1.54) is 0 Å². The molecule has 1 unspecified atom stereocenters. The molecule has 3 heterocycles. The fraction of sp³-hybridized carbons (Fsp3) is 0.375. The van der Waals surface area contributed by atoms with Crippen LogP contribution in [-0.2, 0) is 4.79 Å². The monoisotopic (exact) mass is 452 g/mol. The van der Waals surface area contributed by atoms with Crippen molar-refractivity contribution < 1.29 is 14.3 Å². The number of carbonyl (C=O) groups is 1. The number of nitrogens with one attached hydrogen (secondary N) is 1. The Labute approximate surface area is 192 Å². The zero-order valence-electron chi connectivity index (χ0n) is 18.2. The number of hydrogen-bond donors (Lipinski definition) is 1. The number of rotatable bonds is 9. The number of hydrogen-bond acceptors (Lipinski definition) is 7. The zero-order chi connectivity index (χ0) is 22.2. The topological polar surface area (TPSA) is 76.6 Å². The van der Waals surface area contributed by atoms with Gasteiger partial charge in [-0.2, -0.15) is 0 Å². The molecular weight excluding hydrogens is 424 g/mol. The predicted octanol–water partition coefficient (Wildman–Crippen LogP) is 4.02. The molecule has 0 bridgehead atoms. The van der Waals surface area contributed by atoms with Crippen LogP contribution in [0.4, 0.5) is 5.82 Å². The molecule has 3 aromatic rings. The lowest BCUT2D eigenvalue weighted by Gasteiger charge is -2.32. The summed E-state index contributed by atoms with van der Waals surface area (Å²) in [5, 5.41) is 13.8. The predicted molar refractivity (Wildman–Crippen MR) is 126 cm³/mol. The lowest BCUT2D eigenvalue weighted by Crippen LogP contribution is -2.44. The van der Waals surface area contributed by atoms with Crippen LogP contribution in [0.25, 0.3) is 10.6 Å². The van der Waals surface area contributed by atoms with Crippen LogP contribution in [0.5, 0.6) is 11.5 Å². The van der Waals surface area contributed by atoms with Crippen molar-refractivity contribution in [3.63, 3.8) is 0 Å². The van der Waals surface area contributed by atoms with E-state index >= 15 is 0 Å². The molecule has 1 aliphatic rings. The highest BCUT2D eigenvalue weighted by Gasteiger charge is 2.26. The lowest BCUT2D eigenvalue weighted by molar-refractivity contribution is -0.125. The standard InChI is InChI=1S/C24H28N4O3S/c1-2-30-19-7-9-20(10-8-19)31-15-13-25-24(29)18-5-3-14-28(17-18)23-12-11-21(26-27-23)22-6-4-16-32-22/h4,6-12,16,18H,2-3,5,13-15,17H2,1H3,(H,25,29). The van der Waals surface area contributed by atoms with Crippen LogP contribution in [0.3, 0.4) is 0 Å². The van der Waals surface area contributed by atoms with Crippen molar-refractivity contribution in [2.24, 2.45) is 5.92 Å². The van der Waals surface area contributed by atoms with Crippen LogP contribution in [0.2, 0.25) is 0 Å². The van der Waals surface area contributed by atoms with E-state index in [2.05, 4.69) is 20.4 Å². The minimum Gasteiger partial charge on any atom is -0.494 e. The van der Waals surface area contributed by atoms with E-state index in [-0.39, 0.29) is 11.8 Å². The Morgan fingerprint density at radius 1 is 1.12 bits per heavy atom. The molecule has 1 saturated heterocycles. The summed E-state index contributed by atoms with van der Waals surface area (Å²) in [5.74, 6) is 2.40. The summed E-state index contributed by atoms with van der Waals surface area (Å²) in [4.78, 5) is 15.9. The van der Waals surface area contributed by atoms with Crippen LogP contribution in [0.15, 0.2) is 53.9 Å². The summed E-state index contributed by atoms with van der Waals surface area (Å²) in [6.45, 7) is 5.02. The van der Waals surface area contributed by atoms with Crippen molar-refractivity contribution in [1.29, 1.82) is 0 Å². The van der Waals surface area contributed by atoms with Gasteiger partial charge in [-0.25, -0.2) is 0 Å². The first kappa shape index (κ1) is 22.1. The van der Waals surface area contributed by atoms with Gasteiger partial charge in [0.2, 0.25) is 5.91 Å². The third-order valence-corrected chi connectivity index (χ3v) is 6.24. The van der Waals surface area contributed by atoms with Gasteiger partial charge in [0.15, 0.2) is 5.82 Å². The first-order valence-electron chi connectivity index (χ1n) is 11.0. The summed E-state index contributed by atoms with van der Waals surface area (Å²) in [6, 6.07) is 15.5. The lowest BCUT2D eigenvalue weighted by atomic mass is 9.97. The first-order chi connectivity index (χ1) is 15.7. The highest BCUT2D eigenvalue weighted by molar-refractivity contribution is 7.13. The van der Waals surface area contributed by atoms with Crippen molar-refractivity contribution >= 4 is 23.1 Å². The molecule has 7 nitrogen and oxygen atoms in total. The number of piperidine rings is 1. The van der Waals surface area contributed by atoms with Gasteiger partial charge in [-0.05, 0) is 67.6 Å². The number of thiophene rings is 1. The summed E-state index contributed by atoms with van der Waals surface area (Å²) in [5.41, 5.74) is 0.877. The molecule has 168 valence electrons. The van der Waals surface area contributed by atoms with Gasteiger partial charge < -0.3 is 19.7 Å². The molecule has 2 aromatic heterocycles. The first-order valence-corrected chi connectivity index (χ1v) is 11.9. The number of carbonyl (C=O) groups excluding carboxylic acids is 1. The molecular formula is C24H28N4O3S. The zero-order valence-corrected chi connectivity index (χ0v) is 19.0. The maximum Gasteiger partial charge on any atom is 0.225 e. The second-order valence-electron chi connectivity index (χ2n) is 7.58. The molecule has 0 aliphatic carbocycles. The second kappa shape index (κ2) is 10.9. The Kier molecular flexibility index (Phi) is 7.55. The Morgan fingerprint density at radius 2 is 1.94 bits per heavy atom. The van der Waals surface area contributed by atoms with Crippen LogP contribution in [0, 0.1) is 5.92 Å². The Morgan fingerprint density at radius 3 is 2.62 bits per heavy atom. The fourth-order valence-corrected chi connectivity index (χ4v) is 4.43. The largest absolute Gasteiger partial charge is 0.494 e. The van der Waals surface area contributed by atoms with Gasteiger partial charge in [0.1, 0.15) is 23.8 Å². The summed E-state index contributed by atoms with van der Waals surface area (Å²) in [7, 11) is 0. The molecule has 8 heteroatoms. The maximum absolute atomic E-state index is 12.7. The molecule has 1 atom stereocenters. The third-order valence-electron chi connectivity index (χ3n) is 5.35. The van der Waals surface area contributed by atoms with E-state index in [1.54, 1.807) is 11.3 Å². The smallest absolute Gasteiger partial charge is 0.225 e. The van der Waals surface area contributed by atoms with Crippen molar-refractivity contribution in [2.75, 3.05) is 37.7 Å². The van der Waals surface area contributed by atoms with Gasteiger partial charge in [-0.15, -0.1) is 21.5 Å². The van der Waals surface area contributed by atoms with Crippen LogP contribution in [-0.4, -0.2) is 49.0 Å². The van der Waals surface area contributed by atoms with Crippen LogP contribution < -0.4 is 19.7 Å². The van der Waals surface area contributed by atoms with Crippen molar-refractivity contribution in [3.8, 4) is 22.1 Å². The molecule has 1 N–H and O–H groups in total. The van der Waals surface area contributed by atoms with E-state index < -0.39 is 0 Å². The minimum absolute atomic E-state index is 0.0620. The highest BCUT2D eigenvalue weighted by atomic mass is 32.1. The van der Waals surface area contributed by atoms with Crippen molar-refractivity contribution in [3.05, 3.63) is 53.9 Å². The quantitative estimate of drug-likeness (QED) is 0.494. The number of aromatic nitrogens is 2. The molecule has 4 rings (SSSR count). The van der Waals surface area contributed by atoms with Gasteiger partial charge >= 0.3 is 0 Å². The summed E-state index contributed by atoms with van der Waals surface area (Å²) >= 11 is 1.65. The van der Waals surface area contributed by atoms with Gasteiger partial charge in [0.25, 0.3) is 0 Å². The SMILES string of the molecule is CCOc1ccc(OCCNC(=O)C2CCCN(c3ccc(-c4cccs4)nn3)C2)cc1. The molecule has 0 saturated carbocycles. The number of benzene rings is 1. The van der Waals surface area contributed by atoms with Crippen molar-refractivity contribution in [2.45, 2.75) is 19.8 Å². The Balaban J connectivity index is 1.22. The number of anilines is 1. The van der Waals surface area contributed by atoms with Gasteiger partial charge in [-0.3, -0.25) is 4.79 Å². The molecule has 0 spiro atoms. The number of nitrogens with zero attached hydrogens (tertiary/aromatic N) is 3. The summed E-state index contributed by atoms with van der Waals surface area (Å²) in [6.07, 6.45) is 1.83. The summed E-state index contributed by atoms with van der Waals surface area (Å²) < 4.78 is 11.1. The van der Waals surface area contributed by atoms with Crippen LogP contribution in [0.1, 0.15) is 19.8 Å². The third kappa shape index (κ3) is 5.76. The minimum atomic E-state index is -0.0620. The Hall–Kier alpha value is -3.13. The Bertz CT molecular complexity index is 977. The number of amides is 1. The van der Waals surface area contributed by atoms with E-state index in [4.69, 9.17) is 9.47 Å². The van der Waals surface area contributed by atoms with E-state index in [1.807, 2.05) is 60.8 Å². The van der Waals surface area contributed by atoms with E-state index in [0.717, 1.165) is 47.3 Å². The molecule has 1 aliphatic heterocycles. The van der Waals surface area contributed by atoms with E-state index in [0.29, 0.717) is 26.3 Å². The second-order valence-corrected chi connectivity index (χ2v) is 8.53.